The number of carboxylic acids is 1. The number of amides is 1. The molecule has 0 radical (unpaired) electrons. The zero-order chi connectivity index (χ0) is 17.4. The van der Waals surface area contributed by atoms with Gasteiger partial charge in [0, 0.05) is 0 Å². The smallest absolute Gasteiger partial charge is 0.410 e. The first-order chi connectivity index (χ1) is 10.6. The van der Waals surface area contributed by atoms with Crippen molar-refractivity contribution in [3.8, 4) is 5.75 Å². The van der Waals surface area contributed by atoms with Gasteiger partial charge in [-0.25, -0.2) is 14.6 Å². The number of ether oxygens (including phenoxy) is 2. The van der Waals surface area contributed by atoms with Gasteiger partial charge in [-0.2, -0.15) is 0 Å². The maximum absolute atomic E-state index is 12.0. The van der Waals surface area contributed by atoms with Gasteiger partial charge in [0.2, 0.25) is 0 Å². The van der Waals surface area contributed by atoms with Gasteiger partial charge in [0.05, 0.1) is 18.3 Å². The fraction of sp³-hybridized carbons (Fsp3) is 0.562. The Morgan fingerprint density at radius 3 is 2.48 bits per heavy atom. The molecular weight excluding hydrogens is 300 g/mol. The molecule has 2 heterocycles. The summed E-state index contributed by atoms with van der Waals surface area (Å²) in [6.07, 6.45) is -0.528. The van der Waals surface area contributed by atoms with Crippen molar-refractivity contribution >= 4 is 12.1 Å². The van der Waals surface area contributed by atoms with E-state index in [1.54, 1.807) is 17.9 Å². The quantitative estimate of drug-likeness (QED) is 0.919. The van der Waals surface area contributed by atoms with Crippen molar-refractivity contribution in [2.24, 2.45) is 0 Å². The van der Waals surface area contributed by atoms with Gasteiger partial charge in [0.15, 0.2) is 0 Å². The van der Waals surface area contributed by atoms with E-state index in [2.05, 4.69) is 4.98 Å². The monoisotopic (exact) mass is 322 g/mol. The molecule has 1 aliphatic heterocycles. The third kappa shape index (κ3) is 3.91. The van der Waals surface area contributed by atoms with Gasteiger partial charge in [0.1, 0.15) is 23.1 Å². The van der Waals surface area contributed by atoms with Crippen molar-refractivity contribution in [1.82, 2.24) is 9.88 Å². The Hall–Kier alpha value is -2.31. The molecule has 2 rings (SSSR count). The average Bonchev–Trinajstić information content (AvgIpc) is 2.41. The van der Waals surface area contributed by atoms with Crippen LogP contribution in [0, 0.1) is 6.92 Å². The highest BCUT2D eigenvalue weighted by Crippen LogP contribution is 2.27. The first-order valence-electron chi connectivity index (χ1n) is 7.45. The highest BCUT2D eigenvalue weighted by Gasteiger charge is 2.42. The van der Waals surface area contributed by atoms with Crippen LogP contribution in [0.15, 0.2) is 12.1 Å². The summed E-state index contributed by atoms with van der Waals surface area (Å²) < 4.78 is 11.2. The lowest BCUT2D eigenvalue weighted by atomic mass is 10.0. The van der Waals surface area contributed by atoms with Crippen LogP contribution in [0.5, 0.6) is 5.75 Å². The summed E-state index contributed by atoms with van der Waals surface area (Å²) in [5, 5.41) is 8.91. The van der Waals surface area contributed by atoms with Crippen LogP contribution in [-0.4, -0.2) is 51.3 Å². The predicted octanol–water partition coefficient (Wildman–Crippen LogP) is 2.47. The van der Waals surface area contributed by atoms with Crippen LogP contribution in [0.4, 0.5) is 4.79 Å². The number of nitrogens with zero attached hydrogens (tertiary/aromatic N) is 2. The van der Waals surface area contributed by atoms with Crippen molar-refractivity contribution in [3.05, 3.63) is 23.5 Å². The minimum atomic E-state index is -1.08. The van der Waals surface area contributed by atoms with E-state index in [4.69, 9.17) is 14.6 Å². The van der Waals surface area contributed by atoms with Gasteiger partial charge in [-0.15, -0.1) is 0 Å². The molecule has 0 spiro atoms. The number of aromatic nitrogens is 1. The molecule has 1 saturated heterocycles. The molecule has 7 heteroatoms. The number of aromatic carboxylic acids is 1. The Morgan fingerprint density at radius 2 is 2.00 bits per heavy atom. The van der Waals surface area contributed by atoms with Crippen molar-refractivity contribution in [2.45, 2.75) is 52.4 Å². The van der Waals surface area contributed by atoms with Gasteiger partial charge < -0.3 is 14.6 Å². The fourth-order valence-electron chi connectivity index (χ4n) is 2.23. The largest absolute Gasteiger partial charge is 0.485 e. The third-order valence-electron chi connectivity index (χ3n) is 3.57. The number of likely N-dealkylation sites (tertiary alicyclic amines) is 1. The standard InChI is InChI=1S/C16H22N2O5/c1-9-12(7-6-11(17-9)14(19)20)22-13-8-18(10(13)2)15(21)23-16(3,4)5/h6-7,10,13H,8H2,1-5H3,(H,19,20)/t10-,13+/m1/s1. The van der Waals surface area contributed by atoms with E-state index >= 15 is 0 Å². The third-order valence-corrected chi connectivity index (χ3v) is 3.57. The lowest BCUT2D eigenvalue weighted by molar-refractivity contribution is -0.0539. The van der Waals surface area contributed by atoms with Crippen LogP contribution in [0.2, 0.25) is 0 Å². The lowest BCUT2D eigenvalue weighted by Gasteiger charge is -2.45. The molecule has 1 aliphatic rings. The Kier molecular flexibility index (Phi) is 4.49. The summed E-state index contributed by atoms with van der Waals surface area (Å²) in [5.74, 6) is -0.552. The molecule has 0 aromatic carbocycles. The molecule has 1 aromatic heterocycles. The maximum atomic E-state index is 12.0. The van der Waals surface area contributed by atoms with Crippen LogP contribution < -0.4 is 4.74 Å². The molecule has 23 heavy (non-hydrogen) atoms. The summed E-state index contributed by atoms with van der Waals surface area (Å²) in [6, 6.07) is 2.87. The van der Waals surface area contributed by atoms with E-state index in [0.29, 0.717) is 18.0 Å². The van der Waals surface area contributed by atoms with E-state index < -0.39 is 11.6 Å². The number of carbonyl (C=O) groups is 2. The van der Waals surface area contributed by atoms with Crippen LogP contribution >= 0.6 is 0 Å². The summed E-state index contributed by atoms with van der Waals surface area (Å²) >= 11 is 0. The molecule has 0 unspecified atom stereocenters. The Morgan fingerprint density at radius 1 is 1.35 bits per heavy atom. The number of aryl methyl sites for hydroxylation is 1. The minimum absolute atomic E-state index is 0.0214. The lowest BCUT2D eigenvalue weighted by Crippen LogP contribution is -2.63. The first-order valence-corrected chi connectivity index (χ1v) is 7.45. The summed E-state index contributed by atoms with van der Waals surface area (Å²) in [7, 11) is 0. The fourth-order valence-corrected chi connectivity index (χ4v) is 2.23. The SMILES string of the molecule is Cc1nc(C(=O)O)ccc1O[C@H]1CN(C(=O)OC(C)(C)C)[C@@H]1C. The second-order valence-corrected chi connectivity index (χ2v) is 6.61. The zero-order valence-corrected chi connectivity index (χ0v) is 14.0. The second kappa shape index (κ2) is 6.06. The zero-order valence-electron chi connectivity index (χ0n) is 14.0. The highest BCUT2D eigenvalue weighted by atomic mass is 16.6. The number of pyridine rings is 1. The molecule has 2 atom stereocenters. The molecule has 0 saturated carbocycles. The summed E-state index contributed by atoms with van der Waals surface area (Å²) in [5.41, 5.74) is -0.0460. The van der Waals surface area contributed by atoms with E-state index in [-0.39, 0.29) is 23.9 Å². The van der Waals surface area contributed by atoms with E-state index in [9.17, 15) is 9.59 Å². The van der Waals surface area contributed by atoms with Gasteiger partial charge in [-0.1, -0.05) is 0 Å². The number of hydrogen-bond donors (Lipinski definition) is 1. The molecule has 126 valence electrons. The van der Waals surface area contributed by atoms with E-state index in [1.807, 2.05) is 27.7 Å². The molecule has 1 amide bonds. The van der Waals surface area contributed by atoms with Crippen LogP contribution in [0.1, 0.15) is 43.9 Å². The van der Waals surface area contributed by atoms with Gasteiger partial charge in [-0.05, 0) is 46.8 Å². The maximum Gasteiger partial charge on any atom is 0.410 e. The van der Waals surface area contributed by atoms with Crippen LogP contribution in [0.3, 0.4) is 0 Å². The molecular formula is C16H22N2O5. The van der Waals surface area contributed by atoms with Crippen molar-refractivity contribution in [3.63, 3.8) is 0 Å². The van der Waals surface area contributed by atoms with E-state index in [0.717, 1.165) is 0 Å². The van der Waals surface area contributed by atoms with Crippen molar-refractivity contribution in [2.75, 3.05) is 6.54 Å². The number of rotatable bonds is 3. The highest BCUT2D eigenvalue weighted by molar-refractivity contribution is 5.85. The summed E-state index contributed by atoms with van der Waals surface area (Å²) in [4.78, 5) is 28.5. The molecule has 1 fully saturated rings. The Labute approximate surface area is 135 Å². The minimum Gasteiger partial charge on any atom is -0.485 e. The molecule has 0 bridgehead atoms. The molecule has 1 aromatic rings. The molecule has 0 aliphatic carbocycles. The predicted molar refractivity (Wildman–Crippen MR) is 82.8 cm³/mol. The normalized spacial score (nSPS) is 20.7. The second-order valence-electron chi connectivity index (χ2n) is 6.61. The van der Waals surface area contributed by atoms with Crippen LogP contribution in [-0.2, 0) is 4.74 Å². The molecule has 1 N–H and O–H groups in total. The summed E-state index contributed by atoms with van der Waals surface area (Å²) in [6.45, 7) is 9.46. The van der Waals surface area contributed by atoms with E-state index in [1.165, 1.54) is 6.07 Å². The molecule has 7 nitrogen and oxygen atoms in total. The van der Waals surface area contributed by atoms with Crippen molar-refractivity contribution < 1.29 is 24.2 Å². The average molecular weight is 322 g/mol. The Balaban J connectivity index is 1.97. The van der Waals surface area contributed by atoms with Gasteiger partial charge in [-0.3, -0.25) is 4.90 Å². The van der Waals surface area contributed by atoms with Crippen LogP contribution in [0.25, 0.3) is 0 Å². The van der Waals surface area contributed by atoms with Gasteiger partial charge >= 0.3 is 12.1 Å². The Bertz CT molecular complexity index is 623. The first kappa shape index (κ1) is 17.1. The number of hydrogen-bond acceptors (Lipinski definition) is 5. The number of carbonyl (C=O) groups excluding carboxylic acids is 1. The van der Waals surface area contributed by atoms with Gasteiger partial charge in [0.25, 0.3) is 0 Å². The number of carboxylic acid groups (broad SMARTS) is 1. The topological polar surface area (TPSA) is 89.0 Å². The van der Waals surface area contributed by atoms with Crippen molar-refractivity contribution in [1.29, 1.82) is 0 Å².